The van der Waals surface area contributed by atoms with E-state index < -0.39 is 0 Å². The molecule has 1 aliphatic rings. The van der Waals surface area contributed by atoms with E-state index in [1.807, 2.05) is 0 Å². The maximum atomic E-state index is 4.41. The number of hydrogen-bond acceptors (Lipinski definition) is 4. The van der Waals surface area contributed by atoms with Crippen LogP contribution in [0.2, 0.25) is 0 Å². The van der Waals surface area contributed by atoms with Crippen molar-refractivity contribution in [2.24, 2.45) is 0 Å². The van der Waals surface area contributed by atoms with Gasteiger partial charge in [0, 0.05) is 62.0 Å². The van der Waals surface area contributed by atoms with Crippen molar-refractivity contribution in [1.29, 1.82) is 0 Å². The summed E-state index contributed by atoms with van der Waals surface area (Å²) in [7, 11) is 0. The highest BCUT2D eigenvalue weighted by molar-refractivity contribution is 5.69. The molecule has 0 amide bonds. The zero-order valence-electron chi connectivity index (χ0n) is 15.0. The second kappa shape index (κ2) is 8.70. The standard InChI is InChI=1S/C21H28N4/c1-3-23-19-9-11-21(12-10-19)25(20-7-5-4-6-8-20)18(2)17-24-15-13-22-14-16-24/h4-12,22-23H,2-3,13-17H2,1H3. The molecule has 0 aliphatic carbocycles. The Bertz CT molecular complexity index is 660. The third kappa shape index (κ3) is 4.62. The molecule has 0 aromatic heterocycles. The first-order valence-corrected chi connectivity index (χ1v) is 9.08. The SMILES string of the molecule is C=C(CN1CCNCC1)N(c1ccccc1)c1ccc(NCC)cc1. The molecule has 1 aliphatic heterocycles. The second-order valence-electron chi connectivity index (χ2n) is 6.34. The summed E-state index contributed by atoms with van der Waals surface area (Å²) in [5.41, 5.74) is 4.54. The van der Waals surface area contributed by atoms with Crippen LogP contribution in [0.4, 0.5) is 17.1 Å². The zero-order valence-corrected chi connectivity index (χ0v) is 15.0. The van der Waals surface area contributed by atoms with Gasteiger partial charge in [-0.05, 0) is 43.3 Å². The molecular weight excluding hydrogens is 308 g/mol. The lowest BCUT2D eigenvalue weighted by Crippen LogP contribution is -2.45. The highest BCUT2D eigenvalue weighted by atomic mass is 15.2. The Balaban J connectivity index is 1.83. The summed E-state index contributed by atoms with van der Waals surface area (Å²) in [5, 5.41) is 6.76. The Morgan fingerprint density at radius 1 is 1.04 bits per heavy atom. The Morgan fingerprint density at radius 2 is 1.68 bits per heavy atom. The van der Waals surface area contributed by atoms with Gasteiger partial charge in [0.05, 0.1) is 0 Å². The summed E-state index contributed by atoms with van der Waals surface area (Å²) in [4.78, 5) is 4.72. The number of piperazine rings is 1. The molecule has 4 heteroatoms. The van der Waals surface area contributed by atoms with Gasteiger partial charge in [0.15, 0.2) is 0 Å². The van der Waals surface area contributed by atoms with E-state index in [1.165, 1.54) is 0 Å². The lowest BCUT2D eigenvalue weighted by Gasteiger charge is -2.33. The van der Waals surface area contributed by atoms with Crippen LogP contribution in [0.15, 0.2) is 66.9 Å². The van der Waals surface area contributed by atoms with E-state index in [0.717, 1.165) is 62.0 Å². The van der Waals surface area contributed by atoms with Gasteiger partial charge in [0.1, 0.15) is 0 Å². The molecule has 0 radical (unpaired) electrons. The van der Waals surface area contributed by atoms with E-state index in [-0.39, 0.29) is 0 Å². The summed E-state index contributed by atoms with van der Waals surface area (Å²) in [6.45, 7) is 12.6. The number of benzene rings is 2. The average Bonchev–Trinajstić information content (AvgIpc) is 2.65. The normalized spacial score (nSPS) is 14.9. The third-order valence-electron chi connectivity index (χ3n) is 4.45. The predicted octanol–water partition coefficient (Wildman–Crippen LogP) is 3.68. The minimum Gasteiger partial charge on any atom is -0.385 e. The summed E-state index contributed by atoms with van der Waals surface area (Å²) >= 11 is 0. The molecule has 2 aromatic rings. The second-order valence-corrected chi connectivity index (χ2v) is 6.34. The van der Waals surface area contributed by atoms with E-state index >= 15 is 0 Å². The number of anilines is 3. The maximum absolute atomic E-state index is 4.41. The van der Waals surface area contributed by atoms with Crippen molar-refractivity contribution in [1.82, 2.24) is 10.2 Å². The van der Waals surface area contributed by atoms with Gasteiger partial charge in [-0.25, -0.2) is 0 Å². The van der Waals surface area contributed by atoms with Gasteiger partial charge >= 0.3 is 0 Å². The molecule has 1 saturated heterocycles. The largest absolute Gasteiger partial charge is 0.385 e. The van der Waals surface area contributed by atoms with Crippen LogP contribution >= 0.6 is 0 Å². The molecule has 0 atom stereocenters. The minimum absolute atomic E-state index is 0.880. The van der Waals surface area contributed by atoms with Gasteiger partial charge < -0.3 is 15.5 Å². The molecule has 0 bridgehead atoms. The van der Waals surface area contributed by atoms with Crippen LogP contribution in [0.5, 0.6) is 0 Å². The van der Waals surface area contributed by atoms with Crippen molar-refractivity contribution >= 4 is 17.1 Å². The van der Waals surface area contributed by atoms with Gasteiger partial charge in [-0.1, -0.05) is 24.8 Å². The van der Waals surface area contributed by atoms with Crippen molar-refractivity contribution in [3.8, 4) is 0 Å². The highest BCUT2D eigenvalue weighted by Gasteiger charge is 2.17. The number of nitrogens with zero attached hydrogens (tertiary/aromatic N) is 2. The molecular formula is C21H28N4. The molecule has 4 nitrogen and oxygen atoms in total. The van der Waals surface area contributed by atoms with Gasteiger partial charge in [0.25, 0.3) is 0 Å². The summed E-state index contributed by atoms with van der Waals surface area (Å²) in [5.74, 6) is 0. The molecule has 1 fully saturated rings. The van der Waals surface area contributed by atoms with E-state index in [1.54, 1.807) is 0 Å². The lowest BCUT2D eigenvalue weighted by molar-refractivity contribution is 0.259. The van der Waals surface area contributed by atoms with E-state index in [9.17, 15) is 0 Å². The van der Waals surface area contributed by atoms with Crippen LogP contribution in [0, 0.1) is 0 Å². The maximum Gasteiger partial charge on any atom is 0.0460 e. The summed E-state index contributed by atoms with van der Waals surface area (Å²) in [6.07, 6.45) is 0. The van der Waals surface area contributed by atoms with Crippen LogP contribution in [-0.4, -0.2) is 44.2 Å². The van der Waals surface area contributed by atoms with Gasteiger partial charge in [-0.15, -0.1) is 0 Å². The first-order valence-electron chi connectivity index (χ1n) is 9.08. The highest BCUT2D eigenvalue weighted by Crippen LogP contribution is 2.30. The van der Waals surface area contributed by atoms with Crippen LogP contribution in [0.3, 0.4) is 0 Å². The quantitative estimate of drug-likeness (QED) is 0.807. The first-order chi connectivity index (χ1) is 12.3. The Kier molecular flexibility index (Phi) is 6.09. The van der Waals surface area contributed by atoms with Crippen LogP contribution in [0.25, 0.3) is 0 Å². The van der Waals surface area contributed by atoms with Crippen molar-refractivity contribution in [2.45, 2.75) is 6.92 Å². The van der Waals surface area contributed by atoms with Crippen LogP contribution in [0.1, 0.15) is 6.92 Å². The Hall–Kier alpha value is -2.30. The summed E-state index contributed by atoms with van der Waals surface area (Å²) < 4.78 is 0. The summed E-state index contributed by atoms with van der Waals surface area (Å²) in [6, 6.07) is 19.1. The molecule has 132 valence electrons. The molecule has 3 rings (SSSR count). The number of para-hydroxylation sites is 1. The van der Waals surface area contributed by atoms with E-state index in [4.69, 9.17) is 0 Å². The monoisotopic (exact) mass is 336 g/mol. The van der Waals surface area contributed by atoms with Crippen molar-refractivity contribution in [2.75, 3.05) is 49.5 Å². The van der Waals surface area contributed by atoms with Gasteiger partial charge in [-0.2, -0.15) is 0 Å². The molecule has 25 heavy (non-hydrogen) atoms. The molecule has 2 aromatic carbocycles. The number of nitrogens with one attached hydrogen (secondary N) is 2. The fourth-order valence-electron chi connectivity index (χ4n) is 3.22. The number of rotatable bonds is 7. The van der Waals surface area contributed by atoms with Crippen molar-refractivity contribution < 1.29 is 0 Å². The predicted molar refractivity (Wildman–Crippen MR) is 108 cm³/mol. The topological polar surface area (TPSA) is 30.5 Å². The third-order valence-corrected chi connectivity index (χ3v) is 4.45. The van der Waals surface area contributed by atoms with Crippen LogP contribution < -0.4 is 15.5 Å². The first kappa shape index (κ1) is 17.5. The van der Waals surface area contributed by atoms with Crippen molar-refractivity contribution in [3.63, 3.8) is 0 Å². The molecule has 0 spiro atoms. The number of hydrogen-bond donors (Lipinski definition) is 2. The van der Waals surface area contributed by atoms with E-state index in [0.29, 0.717) is 0 Å². The fourth-order valence-corrected chi connectivity index (χ4v) is 3.22. The molecule has 0 unspecified atom stereocenters. The van der Waals surface area contributed by atoms with E-state index in [2.05, 4.69) is 88.5 Å². The van der Waals surface area contributed by atoms with Crippen molar-refractivity contribution in [3.05, 3.63) is 66.9 Å². The van der Waals surface area contributed by atoms with Crippen LogP contribution in [-0.2, 0) is 0 Å². The Labute approximate surface area is 151 Å². The Morgan fingerprint density at radius 3 is 2.32 bits per heavy atom. The van der Waals surface area contributed by atoms with Gasteiger partial charge in [-0.3, -0.25) is 4.90 Å². The lowest BCUT2D eigenvalue weighted by atomic mass is 10.2. The average molecular weight is 336 g/mol. The molecule has 1 heterocycles. The molecule has 0 saturated carbocycles. The minimum atomic E-state index is 0.880. The fraction of sp³-hybridized carbons (Fsp3) is 0.333. The van der Waals surface area contributed by atoms with Gasteiger partial charge in [0.2, 0.25) is 0 Å². The smallest absolute Gasteiger partial charge is 0.0460 e. The zero-order chi connectivity index (χ0) is 17.5. The molecule has 2 N–H and O–H groups in total.